The molecule has 0 aliphatic carbocycles. The second kappa shape index (κ2) is 6.40. The molecule has 0 saturated carbocycles. The van der Waals surface area contributed by atoms with E-state index in [1.165, 1.54) is 10.4 Å². The second-order valence-electron chi connectivity index (χ2n) is 4.04. The van der Waals surface area contributed by atoms with E-state index in [1.54, 1.807) is 0 Å². The first kappa shape index (κ1) is 12.9. The van der Waals surface area contributed by atoms with Crippen molar-refractivity contribution in [1.29, 1.82) is 0 Å². The summed E-state index contributed by atoms with van der Waals surface area (Å²) in [6.45, 7) is 6.04. The highest BCUT2D eigenvalue weighted by atomic mass is 32.1. The van der Waals surface area contributed by atoms with Gasteiger partial charge in [-0.2, -0.15) is 0 Å². The lowest BCUT2D eigenvalue weighted by Crippen LogP contribution is -2.02. The predicted molar refractivity (Wildman–Crippen MR) is 79.4 cm³/mol. The third-order valence-corrected chi connectivity index (χ3v) is 3.75. The summed E-state index contributed by atoms with van der Waals surface area (Å²) in [6, 6.07) is 6.25. The highest BCUT2D eigenvalue weighted by Gasteiger charge is 2.02. The minimum absolute atomic E-state index is 0.885. The fourth-order valence-corrected chi connectivity index (χ4v) is 2.75. The lowest BCUT2D eigenvalue weighted by atomic mass is 10.2. The van der Waals surface area contributed by atoms with E-state index >= 15 is 0 Å². The largest absolute Gasteiger partial charge is 0.380 e. The Morgan fingerprint density at radius 3 is 2.89 bits per heavy atom. The Bertz CT molecular complexity index is 493. The van der Waals surface area contributed by atoms with Crippen LogP contribution in [0.5, 0.6) is 0 Å². The summed E-state index contributed by atoms with van der Waals surface area (Å²) in [5, 5.41) is 8.83. The number of nitrogens with one attached hydrogen (secondary N) is 2. The molecule has 0 aliphatic heterocycles. The molecule has 2 heterocycles. The van der Waals surface area contributed by atoms with Crippen LogP contribution in [0, 0.1) is 0 Å². The van der Waals surface area contributed by atoms with Gasteiger partial charge in [-0.15, -0.1) is 11.3 Å². The third-order valence-electron chi connectivity index (χ3n) is 2.79. The molecule has 0 bridgehead atoms. The molecule has 96 valence electrons. The quantitative estimate of drug-likeness (QED) is 0.831. The molecule has 0 atom stereocenters. The first-order valence-corrected chi connectivity index (χ1v) is 7.20. The first-order valence-electron chi connectivity index (χ1n) is 6.32. The van der Waals surface area contributed by atoms with Crippen LogP contribution in [-0.2, 0) is 13.0 Å². The van der Waals surface area contributed by atoms with Gasteiger partial charge in [-0.3, -0.25) is 0 Å². The lowest BCUT2D eigenvalue weighted by molar-refractivity contribution is 1.08. The van der Waals surface area contributed by atoms with Crippen molar-refractivity contribution in [1.82, 2.24) is 4.98 Å². The van der Waals surface area contributed by atoms with Crippen molar-refractivity contribution in [3.05, 3.63) is 40.2 Å². The molecule has 0 fully saturated rings. The maximum atomic E-state index is 4.26. The fraction of sp³-hybridized carbons (Fsp3) is 0.357. The SMILES string of the molecule is CCNc1cc(NCc2sccc2CC)ccn1. The molecule has 0 saturated heterocycles. The van der Waals surface area contributed by atoms with Crippen LogP contribution in [0.3, 0.4) is 0 Å². The van der Waals surface area contributed by atoms with E-state index < -0.39 is 0 Å². The highest BCUT2D eigenvalue weighted by Crippen LogP contribution is 2.19. The number of thiophene rings is 1. The summed E-state index contributed by atoms with van der Waals surface area (Å²) in [7, 11) is 0. The van der Waals surface area contributed by atoms with Gasteiger partial charge in [-0.05, 0) is 36.4 Å². The number of hydrogen-bond donors (Lipinski definition) is 2. The smallest absolute Gasteiger partial charge is 0.127 e. The monoisotopic (exact) mass is 261 g/mol. The average Bonchev–Trinajstić information content (AvgIpc) is 2.84. The van der Waals surface area contributed by atoms with Crippen molar-refractivity contribution in [3.8, 4) is 0 Å². The summed E-state index contributed by atoms with van der Waals surface area (Å²) in [5.74, 6) is 0.921. The number of rotatable bonds is 6. The van der Waals surface area contributed by atoms with Gasteiger partial charge in [0.15, 0.2) is 0 Å². The van der Waals surface area contributed by atoms with Crippen molar-refractivity contribution >= 4 is 22.8 Å². The molecule has 2 aromatic heterocycles. The van der Waals surface area contributed by atoms with Crippen LogP contribution in [0.4, 0.5) is 11.5 Å². The van der Waals surface area contributed by atoms with Crippen LogP contribution in [0.2, 0.25) is 0 Å². The van der Waals surface area contributed by atoms with E-state index in [1.807, 2.05) is 29.7 Å². The Kier molecular flexibility index (Phi) is 4.59. The lowest BCUT2D eigenvalue weighted by Gasteiger charge is -2.08. The van der Waals surface area contributed by atoms with Gasteiger partial charge in [0.1, 0.15) is 5.82 Å². The molecule has 0 aliphatic rings. The minimum atomic E-state index is 0.885. The molecule has 2 aromatic rings. The van der Waals surface area contributed by atoms with Gasteiger partial charge in [-0.1, -0.05) is 6.92 Å². The summed E-state index contributed by atoms with van der Waals surface area (Å²) < 4.78 is 0. The van der Waals surface area contributed by atoms with Gasteiger partial charge < -0.3 is 10.6 Å². The number of hydrogen-bond acceptors (Lipinski definition) is 4. The number of anilines is 2. The third kappa shape index (κ3) is 3.23. The van der Waals surface area contributed by atoms with Crippen LogP contribution >= 0.6 is 11.3 Å². The van der Waals surface area contributed by atoms with Gasteiger partial charge in [0, 0.05) is 35.9 Å². The van der Waals surface area contributed by atoms with Gasteiger partial charge in [0.2, 0.25) is 0 Å². The molecule has 2 rings (SSSR count). The number of nitrogens with zero attached hydrogens (tertiary/aromatic N) is 1. The van der Waals surface area contributed by atoms with Crippen molar-refractivity contribution in [3.63, 3.8) is 0 Å². The van der Waals surface area contributed by atoms with Crippen molar-refractivity contribution < 1.29 is 0 Å². The molecule has 3 nitrogen and oxygen atoms in total. The summed E-state index contributed by atoms with van der Waals surface area (Å²) >= 11 is 1.81. The Hall–Kier alpha value is -1.55. The number of pyridine rings is 1. The fourth-order valence-electron chi connectivity index (χ4n) is 1.84. The Balaban J connectivity index is 1.99. The minimum Gasteiger partial charge on any atom is -0.380 e. The van der Waals surface area contributed by atoms with Gasteiger partial charge >= 0.3 is 0 Å². The molecule has 0 spiro atoms. The normalized spacial score (nSPS) is 10.3. The first-order chi connectivity index (χ1) is 8.83. The Labute approximate surface area is 112 Å². The van der Waals surface area contributed by atoms with Gasteiger partial charge in [0.25, 0.3) is 0 Å². The van der Waals surface area contributed by atoms with E-state index in [0.29, 0.717) is 0 Å². The molecule has 0 aromatic carbocycles. The highest BCUT2D eigenvalue weighted by molar-refractivity contribution is 7.10. The second-order valence-corrected chi connectivity index (χ2v) is 5.04. The molecule has 0 unspecified atom stereocenters. The van der Waals surface area contributed by atoms with Crippen LogP contribution in [-0.4, -0.2) is 11.5 Å². The number of aryl methyl sites for hydroxylation is 1. The maximum absolute atomic E-state index is 4.26. The molecule has 0 amide bonds. The van der Waals surface area contributed by atoms with E-state index in [2.05, 4.69) is 40.9 Å². The molecule has 4 heteroatoms. The summed E-state index contributed by atoms with van der Waals surface area (Å²) in [5.41, 5.74) is 2.55. The Morgan fingerprint density at radius 1 is 1.22 bits per heavy atom. The van der Waals surface area contributed by atoms with Crippen molar-refractivity contribution in [2.45, 2.75) is 26.8 Å². The topological polar surface area (TPSA) is 37.0 Å². The summed E-state index contributed by atoms with van der Waals surface area (Å²) in [4.78, 5) is 5.68. The molecular formula is C14H19N3S. The summed E-state index contributed by atoms with van der Waals surface area (Å²) in [6.07, 6.45) is 2.93. The molecular weight excluding hydrogens is 242 g/mol. The zero-order chi connectivity index (χ0) is 12.8. The zero-order valence-corrected chi connectivity index (χ0v) is 11.7. The average molecular weight is 261 g/mol. The Morgan fingerprint density at radius 2 is 2.11 bits per heavy atom. The standard InChI is InChI=1S/C14H19N3S/c1-3-11-6-8-18-13(11)10-17-12-5-7-16-14(9-12)15-4-2/h5-9H,3-4,10H2,1-2H3,(H2,15,16,17). The maximum Gasteiger partial charge on any atom is 0.127 e. The molecule has 18 heavy (non-hydrogen) atoms. The predicted octanol–water partition coefficient (Wildman–Crippen LogP) is 3.75. The van der Waals surface area contributed by atoms with Crippen molar-refractivity contribution in [2.75, 3.05) is 17.2 Å². The van der Waals surface area contributed by atoms with Crippen LogP contribution < -0.4 is 10.6 Å². The van der Waals surface area contributed by atoms with E-state index in [-0.39, 0.29) is 0 Å². The van der Waals surface area contributed by atoms with Crippen LogP contribution in [0.15, 0.2) is 29.8 Å². The van der Waals surface area contributed by atoms with Gasteiger partial charge in [0.05, 0.1) is 0 Å². The van der Waals surface area contributed by atoms with E-state index in [0.717, 1.165) is 31.0 Å². The number of aromatic nitrogens is 1. The van der Waals surface area contributed by atoms with Gasteiger partial charge in [-0.25, -0.2) is 4.98 Å². The molecule has 0 radical (unpaired) electrons. The van der Waals surface area contributed by atoms with Crippen LogP contribution in [0.25, 0.3) is 0 Å². The van der Waals surface area contributed by atoms with Crippen LogP contribution in [0.1, 0.15) is 24.3 Å². The van der Waals surface area contributed by atoms with Crippen molar-refractivity contribution in [2.24, 2.45) is 0 Å². The molecule has 2 N–H and O–H groups in total. The zero-order valence-electron chi connectivity index (χ0n) is 10.9. The van der Waals surface area contributed by atoms with E-state index in [9.17, 15) is 0 Å². The van der Waals surface area contributed by atoms with E-state index in [4.69, 9.17) is 0 Å².